The first kappa shape index (κ1) is 27.0. The van der Waals surface area contributed by atoms with E-state index in [9.17, 15) is 19.8 Å². The van der Waals surface area contributed by atoms with E-state index in [1.807, 2.05) is 24.3 Å². The Labute approximate surface area is 227 Å². The predicted molar refractivity (Wildman–Crippen MR) is 146 cm³/mol. The summed E-state index contributed by atoms with van der Waals surface area (Å²) in [6, 6.07) is 14.7. The van der Waals surface area contributed by atoms with E-state index in [1.165, 1.54) is 0 Å². The molecule has 2 aromatic rings. The molecule has 0 amide bonds. The highest BCUT2D eigenvalue weighted by atomic mass is 35.5. The third-order valence-electron chi connectivity index (χ3n) is 7.70. The topological polar surface area (TPSA) is 84.3 Å². The summed E-state index contributed by atoms with van der Waals surface area (Å²) < 4.78 is 0. The zero-order valence-corrected chi connectivity index (χ0v) is 22.7. The van der Waals surface area contributed by atoms with E-state index >= 15 is 0 Å². The molecule has 0 unspecified atom stereocenters. The van der Waals surface area contributed by atoms with Crippen molar-refractivity contribution in [3.8, 4) is 0 Å². The molecule has 2 aliphatic heterocycles. The number of hydrogen-bond acceptors (Lipinski definition) is 5. The highest BCUT2D eigenvalue weighted by Gasteiger charge is 2.51. The molecule has 2 aromatic carbocycles. The van der Waals surface area contributed by atoms with E-state index in [1.54, 1.807) is 50.1 Å². The van der Waals surface area contributed by atoms with Gasteiger partial charge in [0.2, 0.25) is 0 Å². The van der Waals surface area contributed by atoms with Crippen LogP contribution < -0.4 is 4.90 Å². The maximum atomic E-state index is 12.8. The number of anilines is 1. The van der Waals surface area contributed by atoms with Crippen LogP contribution in [0.4, 0.5) is 5.69 Å². The van der Waals surface area contributed by atoms with Gasteiger partial charge < -0.3 is 20.0 Å². The Kier molecular flexibility index (Phi) is 7.88. The van der Waals surface area contributed by atoms with Gasteiger partial charge >= 0.3 is 11.9 Å². The van der Waals surface area contributed by atoms with Crippen LogP contribution in [0.3, 0.4) is 0 Å². The second-order valence-electron chi connectivity index (χ2n) is 9.56. The lowest BCUT2D eigenvalue weighted by Gasteiger charge is -2.45. The van der Waals surface area contributed by atoms with Crippen molar-refractivity contribution >= 4 is 40.8 Å². The van der Waals surface area contributed by atoms with E-state index in [-0.39, 0.29) is 11.1 Å². The van der Waals surface area contributed by atoms with Gasteiger partial charge in [-0.3, -0.25) is 4.90 Å². The zero-order valence-electron chi connectivity index (χ0n) is 21.2. The minimum atomic E-state index is -1.36. The van der Waals surface area contributed by atoms with E-state index in [0.29, 0.717) is 40.0 Å². The summed E-state index contributed by atoms with van der Waals surface area (Å²) in [4.78, 5) is 31.7. The molecule has 2 heterocycles. The third kappa shape index (κ3) is 5.08. The molecule has 0 bridgehead atoms. The molecule has 0 aromatic heterocycles. The zero-order chi connectivity index (χ0) is 26.9. The number of piperazine rings is 1. The van der Waals surface area contributed by atoms with Gasteiger partial charge in [0.25, 0.3) is 0 Å². The summed E-state index contributed by atoms with van der Waals surface area (Å²) in [5.74, 6) is -2.27. The Morgan fingerprint density at radius 3 is 1.95 bits per heavy atom. The van der Waals surface area contributed by atoms with Crippen molar-refractivity contribution in [1.82, 2.24) is 9.80 Å². The van der Waals surface area contributed by atoms with Gasteiger partial charge in [-0.1, -0.05) is 35.3 Å². The summed E-state index contributed by atoms with van der Waals surface area (Å²) in [5.41, 5.74) is 1.48. The smallest absolute Gasteiger partial charge is 0.334 e. The maximum absolute atomic E-state index is 12.8. The van der Waals surface area contributed by atoms with Gasteiger partial charge in [-0.25, -0.2) is 9.59 Å². The lowest BCUT2D eigenvalue weighted by atomic mass is 9.63. The van der Waals surface area contributed by atoms with Crippen LogP contribution in [0.1, 0.15) is 25.8 Å². The Morgan fingerprint density at radius 1 is 0.865 bits per heavy atom. The quantitative estimate of drug-likeness (QED) is 0.502. The second kappa shape index (κ2) is 10.8. The van der Waals surface area contributed by atoms with Crippen molar-refractivity contribution in [3.05, 3.63) is 86.7 Å². The lowest BCUT2D eigenvalue weighted by molar-refractivity contribution is -0.134. The molecule has 1 saturated heterocycles. The highest BCUT2D eigenvalue weighted by molar-refractivity contribution is 6.31. The average Bonchev–Trinajstić information content (AvgIpc) is 2.86. The largest absolute Gasteiger partial charge is 0.478 e. The number of hydrogen-bond donors (Lipinski definition) is 2. The Hall–Kier alpha value is -3.00. The fraction of sp³-hybridized carbons (Fsp3) is 0.357. The molecule has 2 aliphatic rings. The van der Waals surface area contributed by atoms with Crippen LogP contribution in [0.15, 0.2) is 71.1 Å². The van der Waals surface area contributed by atoms with Crippen LogP contribution in [0, 0.1) is 0 Å². The van der Waals surface area contributed by atoms with Crippen LogP contribution in [0.25, 0.3) is 0 Å². The van der Waals surface area contributed by atoms with Crippen LogP contribution in [0.5, 0.6) is 0 Å². The van der Waals surface area contributed by atoms with Crippen molar-refractivity contribution in [1.29, 1.82) is 0 Å². The number of nitrogens with zero attached hydrogens (tertiary/aromatic N) is 3. The van der Waals surface area contributed by atoms with Gasteiger partial charge in [0.1, 0.15) is 0 Å². The summed E-state index contributed by atoms with van der Waals surface area (Å²) in [6.07, 6.45) is 0.292. The molecule has 4 rings (SSSR count). The fourth-order valence-electron chi connectivity index (χ4n) is 5.65. The van der Waals surface area contributed by atoms with Crippen molar-refractivity contribution < 1.29 is 19.8 Å². The van der Waals surface area contributed by atoms with Crippen LogP contribution >= 0.6 is 23.2 Å². The summed E-state index contributed by atoms with van der Waals surface area (Å²) in [5, 5.41) is 22.0. The van der Waals surface area contributed by atoms with Gasteiger partial charge in [-0.15, -0.1) is 0 Å². The number of carbonyl (C=O) groups is 2. The Morgan fingerprint density at radius 2 is 1.43 bits per heavy atom. The molecule has 37 heavy (non-hydrogen) atoms. The van der Waals surface area contributed by atoms with E-state index in [4.69, 9.17) is 23.2 Å². The highest BCUT2D eigenvalue weighted by Crippen LogP contribution is 2.49. The third-order valence-corrected chi connectivity index (χ3v) is 8.18. The van der Waals surface area contributed by atoms with Gasteiger partial charge in [-0.05, 0) is 68.8 Å². The molecule has 0 aliphatic carbocycles. The van der Waals surface area contributed by atoms with Gasteiger partial charge in [0.15, 0.2) is 0 Å². The number of halogens is 2. The minimum absolute atomic E-state index is 0.0695. The lowest BCUT2D eigenvalue weighted by Crippen LogP contribution is -2.50. The molecule has 9 heteroatoms. The molecule has 0 radical (unpaired) electrons. The molecular weight excluding hydrogens is 513 g/mol. The first-order valence-corrected chi connectivity index (χ1v) is 12.9. The minimum Gasteiger partial charge on any atom is -0.478 e. The van der Waals surface area contributed by atoms with E-state index in [2.05, 4.69) is 9.80 Å². The van der Waals surface area contributed by atoms with Crippen LogP contribution in [-0.2, 0) is 15.0 Å². The summed E-state index contributed by atoms with van der Waals surface area (Å²) in [7, 11) is 1.70. The molecule has 0 spiro atoms. The number of benzene rings is 2. The summed E-state index contributed by atoms with van der Waals surface area (Å²) >= 11 is 12.4. The number of carboxylic acid groups (broad SMARTS) is 2. The molecule has 0 atom stereocenters. The van der Waals surface area contributed by atoms with Crippen LogP contribution in [-0.4, -0.2) is 71.7 Å². The van der Waals surface area contributed by atoms with Gasteiger partial charge in [0.05, 0.1) is 16.6 Å². The van der Waals surface area contributed by atoms with Crippen LogP contribution in [0.2, 0.25) is 10.0 Å². The SMILES string of the molecule is CC1=C(C(=O)O)C(CCN2CCN(c3ccc(Cl)cc3)CC2)(c2cccc(Cl)c2)C(C(=O)O)=C(C)N1C. The number of carboxylic acids is 2. The van der Waals surface area contributed by atoms with Crippen molar-refractivity contribution in [3.63, 3.8) is 0 Å². The monoisotopic (exact) mass is 543 g/mol. The first-order chi connectivity index (χ1) is 17.6. The first-order valence-electron chi connectivity index (χ1n) is 12.2. The maximum Gasteiger partial charge on any atom is 0.334 e. The molecular formula is C28H31Cl2N3O4. The molecule has 2 N–H and O–H groups in total. The Bertz CT molecular complexity index is 1230. The fourth-order valence-corrected chi connectivity index (χ4v) is 5.96. The second-order valence-corrected chi connectivity index (χ2v) is 10.4. The molecule has 0 saturated carbocycles. The van der Waals surface area contributed by atoms with Gasteiger partial charge in [0, 0.05) is 60.4 Å². The average molecular weight is 544 g/mol. The van der Waals surface area contributed by atoms with Crippen molar-refractivity contribution in [2.75, 3.05) is 44.7 Å². The van der Waals surface area contributed by atoms with Gasteiger partial charge in [-0.2, -0.15) is 0 Å². The van der Waals surface area contributed by atoms with E-state index < -0.39 is 17.4 Å². The van der Waals surface area contributed by atoms with E-state index in [0.717, 1.165) is 31.9 Å². The number of aliphatic carboxylic acids is 2. The summed E-state index contributed by atoms with van der Waals surface area (Å²) in [6.45, 7) is 7.13. The van der Waals surface area contributed by atoms with Crippen molar-refractivity contribution in [2.45, 2.75) is 25.7 Å². The number of rotatable bonds is 7. The molecule has 196 valence electrons. The normalized spacial score (nSPS) is 18.4. The molecule has 1 fully saturated rings. The van der Waals surface area contributed by atoms with Crippen molar-refractivity contribution in [2.24, 2.45) is 0 Å². The Balaban J connectivity index is 1.70. The number of allylic oxidation sites excluding steroid dienone is 2. The molecule has 7 nitrogen and oxygen atoms in total. The standard InChI is InChI=1S/C28H31Cl2N3O4/c1-18-24(26(34)35)28(20-5-4-6-22(30)17-20,25(27(36)37)19(2)31(18)3)11-12-32-13-15-33(16-14-32)23-9-7-21(29)8-10-23/h4-10,17H,11-16H2,1-3H3,(H,34,35)(H,36,37). The predicted octanol–water partition coefficient (Wildman–Crippen LogP) is 5.11.